The maximum absolute atomic E-state index is 5.11. The van der Waals surface area contributed by atoms with E-state index in [0.717, 1.165) is 38.4 Å². The zero-order chi connectivity index (χ0) is 16.2. The Morgan fingerprint density at radius 2 is 1.83 bits per heavy atom. The summed E-state index contributed by atoms with van der Waals surface area (Å²) in [6, 6.07) is 6.20. The van der Waals surface area contributed by atoms with Crippen LogP contribution in [0.2, 0.25) is 0 Å². The molecule has 2 aromatic rings. The molecule has 1 aliphatic heterocycles. The van der Waals surface area contributed by atoms with Crippen molar-refractivity contribution in [1.29, 1.82) is 0 Å². The van der Waals surface area contributed by atoms with Crippen LogP contribution in [0.3, 0.4) is 0 Å². The lowest BCUT2D eigenvalue weighted by Gasteiger charge is -2.36. The summed E-state index contributed by atoms with van der Waals surface area (Å²) in [5.74, 6) is 0.660. The second-order valence-electron chi connectivity index (χ2n) is 6.10. The molecule has 0 N–H and O–H groups in total. The first-order chi connectivity index (χ1) is 11.2. The normalized spacial score (nSPS) is 15.7. The van der Waals surface area contributed by atoms with E-state index < -0.39 is 0 Å². The van der Waals surface area contributed by atoms with Gasteiger partial charge in [-0.3, -0.25) is 9.88 Å². The van der Waals surface area contributed by atoms with Crippen LogP contribution in [0.25, 0.3) is 0 Å². The number of nitrogens with zero attached hydrogens (tertiary/aromatic N) is 4. The van der Waals surface area contributed by atoms with Crippen LogP contribution in [-0.4, -0.2) is 48.2 Å². The minimum absolute atomic E-state index is 0.660. The van der Waals surface area contributed by atoms with E-state index in [-0.39, 0.29) is 0 Å². The van der Waals surface area contributed by atoms with Crippen LogP contribution < -0.4 is 9.64 Å². The number of ether oxygens (including phenoxy) is 1. The standard InChI is InChI=1S/C18H24N4O/c1-14-10-15(2)17(19-11-14)13-21-6-8-22(9-7-21)16-4-5-18(23-3)20-12-16/h4-5,10-12H,6-9,13H2,1-3H3. The van der Waals surface area contributed by atoms with Crippen molar-refractivity contribution in [3.05, 3.63) is 47.4 Å². The minimum Gasteiger partial charge on any atom is -0.481 e. The number of anilines is 1. The molecule has 0 spiro atoms. The highest BCUT2D eigenvalue weighted by Gasteiger charge is 2.18. The van der Waals surface area contributed by atoms with Crippen LogP contribution in [0.1, 0.15) is 16.8 Å². The van der Waals surface area contributed by atoms with Crippen LogP contribution >= 0.6 is 0 Å². The summed E-state index contributed by atoms with van der Waals surface area (Å²) in [6.45, 7) is 9.28. The molecular weight excluding hydrogens is 288 g/mol. The molecule has 2 aromatic heterocycles. The van der Waals surface area contributed by atoms with Crippen LogP contribution in [-0.2, 0) is 6.54 Å². The van der Waals surface area contributed by atoms with Gasteiger partial charge in [0.25, 0.3) is 0 Å². The van der Waals surface area contributed by atoms with Gasteiger partial charge in [0.1, 0.15) is 0 Å². The summed E-state index contributed by atoms with van der Waals surface area (Å²) in [6.07, 6.45) is 3.85. The fourth-order valence-electron chi connectivity index (χ4n) is 2.97. The number of methoxy groups -OCH3 is 1. The molecule has 0 saturated carbocycles. The lowest BCUT2D eigenvalue weighted by Crippen LogP contribution is -2.46. The molecule has 5 nitrogen and oxygen atoms in total. The van der Waals surface area contributed by atoms with Gasteiger partial charge < -0.3 is 9.64 Å². The number of hydrogen-bond acceptors (Lipinski definition) is 5. The second kappa shape index (κ2) is 6.96. The van der Waals surface area contributed by atoms with Crippen molar-refractivity contribution < 1.29 is 4.74 Å². The second-order valence-corrected chi connectivity index (χ2v) is 6.10. The van der Waals surface area contributed by atoms with Gasteiger partial charge in [-0.25, -0.2) is 4.98 Å². The molecule has 0 unspecified atom stereocenters. The van der Waals surface area contributed by atoms with E-state index in [1.165, 1.54) is 16.8 Å². The number of hydrogen-bond donors (Lipinski definition) is 0. The van der Waals surface area contributed by atoms with E-state index in [4.69, 9.17) is 4.74 Å². The zero-order valence-electron chi connectivity index (χ0n) is 14.1. The predicted octanol–water partition coefficient (Wildman–Crippen LogP) is 2.42. The molecule has 1 saturated heterocycles. The third kappa shape index (κ3) is 3.79. The monoisotopic (exact) mass is 312 g/mol. The fourth-order valence-corrected chi connectivity index (χ4v) is 2.97. The minimum atomic E-state index is 0.660. The Morgan fingerprint density at radius 1 is 1.04 bits per heavy atom. The number of aryl methyl sites for hydroxylation is 2. The average Bonchev–Trinajstić information content (AvgIpc) is 2.58. The topological polar surface area (TPSA) is 41.5 Å². The highest BCUT2D eigenvalue weighted by Crippen LogP contribution is 2.19. The van der Waals surface area contributed by atoms with Gasteiger partial charge in [0.2, 0.25) is 5.88 Å². The molecule has 1 fully saturated rings. The molecule has 0 aromatic carbocycles. The summed E-state index contributed by atoms with van der Waals surface area (Å²) in [5.41, 5.74) is 4.86. The third-order valence-electron chi connectivity index (χ3n) is 4.36. The van der Waals surface area contributed by atoms with E-state index in [1.54, 1.807) is 7.11 Å². The smallest absolute Gasteiger partial charge is 0.213 e. The highest BCUT2D eigenvalue weighted by molar-refractivity contribution is 5.45. The molecule has 3 heterocycles. The Kier molecular flexibility index (Phi) is 4.76. The van der Waals surface area contributed by atoms with Gasteiger partial charge in [0.05, 0.1) is 24.7 Å². The van der Waals surface area contributed by atoms with Crippen LogP contribution in [0.15, 0.2) is 30.6 Å². The first-order valence-electron chi connectivity index (χ1n) is 8.05. The zero-order valence-corrected chi connectivity index (χ0v) is 14.1. The highest BCUT2D eigenvalue weighted by atomic mass is 16.5. The lowest BCUT2D eigenvalue weighted by molar-refractivity contribution is 0.246. The molecule has 5 heteroatoms. The average molecular weight is 312 g/mol. The Hall–Kier alpha value is -2.14. The summed E-state index contributed by atoms with van der Waals surface area (Å²) in [7, 11) is 1.64. The molecule has 3 rings (SSSR count). The van der Waals surface area contributed by atoms with Gasteiger partial charge in [0, 0.05) is 45.0 Å². The molecule has 23 heavy (non-hydrogen) atoms. The van der Waals surface area contributed by atoms with Crippen molar-refractivity contribution in [2.45, 2.75) is 20.4 Å². The summed E-state index contributed by atoms with van der Waals surface area (Å²) in [4.78, 5) is 13.7. The Bertz CT molecular complexity index is 649. The van der Waals surface area contributed by atoms with E-state index in [9.17, 15) is 0 Å². The van der Waals surface area contributed by atoms with Crippen molar-refractivity contribution in [1.82, 2.24) is 14.9 Å². The molecule has 0 amide bonds. The van der Waals surface area contributed by atoms with Crippen molar-refractivity contribution in [2.75, 3.05) is 38.2 Å². The molecule has 122 valence electrons. The van der Waals surface area contributed by atoms with Crippen molar-refractivity contribution in [3.63, 3.8) is 0 Å². The predicted molar refractivity (Wildman–Crippen MR) is 92.0 cm³/mol. The number of piperazine rings is 1. The van der Waals surface area contributed by atoms with Crippen LogP contribution in [0.4, 0.5) is 5.69 Å². The maximum Gasteiger partial charge on any atom is 0.213 e. The van der Waals surface area contributed by atoms with E-state index in [0.29, 0.717) is 5.88 Å². The molecule has 0 atom stereocenters. The Balaban J connectivity index is 1.57. The summed E-state index contributed by atoms with van der Waals surface area (Å²) in [5, 5.41) is 0. The summed E-state index contributed by atoms with van der Waals surface area (Å²) >= 11 is 0. The fraction of sp³-hybridized carbons (Fsp3) is 0.444. The molecular formula is C18H24N4O. The van der Waals surface area contributed by atoms with Gasteiger partial charge in [-0.05, 0) is 31.0 Å². The quantitative estimate of drug-likeness (QED) is 0.867. The molecule has 0 radical (unpaired) electrons. The van der Waals surface area contributed by atoms with E-state index in [2.05, 4.69) is 45.7 Å². The first-order valence-corrected chi connectivity index (χ1v) is 8.05. The SMILES string of the molecule is COc1ccc(N2CCN(Cc3ncc(C)cc3C)CC2)cn1. The maximum atomic E-state index is 5.11. The first kappa shape index (κ1) is 15.7. The third-order valence-corrected chi connectivity index (χ3v) is 4.36. The Labute approximate surface area is 137 Å². The largest absolute Gasteiger partial charge is 0.481 e. The van der Waals surface area contributed by atoms with Crippen molar-refractivity contribution in [3.8, 4) is 5.88 Å². The van der Waals surface area contributed by atoms with Crippen molar-refractivity contribution in [2.24, 2.45) is 0 Å². The van der Waals surface area contributed by atoms with Crippen molar-refractivity contribution >= 4 is 5.69 Å². The molecule has 1 aliphatic rings. The van der Waals surface area contributed by atoms with E-state index in [1.807, 2.05) is 18.5 Å². The number of rotatable bonds is 4. The van der Waals surface area contributed by atoms with Gasteiger partial charge >= 0.3 is 0 Å². The van der Waals surface area contributed by atoms with Crippen LogP contribution in [0, 0.1) is 13.8 Å². The molecule has 0 aliphatic carbocycles. The molecule has 0 bridgehead atoms. The summed E-state index contributed by atoms with van der Waals surface area (Å²) < 4.78 is 5.11. The lowest BCUT2D eigenvalue weighted by atomic mass is 10.1. The van der Waals surface area contributed by atoms with Crippen LogP contribution in [0.5, 0.6) is 5.88 Å². The van der Waals surface area contributed by atoms with E-state index >= 15 is 0 Å². The Morgan fingerprint density at radius 3 is 2.43 bits per heavy atom. The van der Waals surface area contributed by atoms with Gasteiger partial charge in [0.15, 0.2) is 0 Å². The van der Waals surface area contributed by atoms with Gasteiger partial charge in [-0.15, -0.1) is 0 Å². The number of pyridine rings is 2. The van der Waals surface area contributed by atoms with Gasteiger partial charge in [-0.2, -0.15) is 0 Å². The number of aromatic nitrogens is 2. The van der Waals surface area contributed by atoms with Gasteiger partial charge in [-0.1, -0.05) is 6.07 Å².